The lowest BCUT2D eigenvalue weighted by atomic mass is 9.90. The first-order chi connectivity index (χ1) is 8.61. The lowest BCUT2D eigenvalue weighted by Crippen LogP contribution is -2.52. The summed E-state index contributed by atoms with van der Waals surface area (Å²) < 4.78 is 25.1. The van der Waals surface area contributed by atoms with Gasteiger partial charge in [-0.05, 0) is 24.6 Å². The van der Waals surface area contributed by atoms with Gasteiger partial charge in [-0.25, -0.2) is 4.39 Å². The van der Waals surface area contributed by atoms with Crippen LogP contribution >= 0.6 is 15.9 Å². The zero-order chi connectivity index (χ0) is 13.1. The maximum absolute atomic E-state index is 13.5. The number of carbonyl (C=O) groups is 1. The largest absolute Gasteiger partial charge is 0.484 e. The van der Waals surface area contributed by atoms with E-state index in [0.29, 0.717) is 6.61 Å². The van der Waals surface area contributed by atoms with Gasteiger partial charge in [-0.15, -0.1) is 0 Å². The fourth-order valence-corrected chi connectivity index (χ4v) is 2.09. The van der Waals surface area contributed by atoms with Crippen molar-refractivity contribution in [1.82, 2.24) is 0 Å². The zero-order valence-electron chi connectivity index (χ0n) is 9.99. The molecular weight excluding hydrogens is 303 g/mol. The summed E-state index contributed by atoms with van der Waals surface area (Å²) in [6.07, 6.45) is 0.179. The van der Waals surface area contributed by atoms with Crippen LogP contribution < -0.4 is 4.74 Å². The Hall–Kier alpha value is -0.940. The molecule has 98 valence electrons. The number of ketones is 1. The third-order valence-electron chi connectivity index (χ3n) is 2.73. The summed E-state index contributed by atoms with van der Waals surface area (Å²) in [6.45, 7) is 2.48. The van der Waals surface area contributed by atoms with Gasteiger partial charge in [-0.3, -0.25) is 4.79 Å². The number of hydrogen-bond acceptors (Lipinski definition) is 3. The molecule has 0 aliphatic heterocycles. The fraction of sp³-hybridized carbons (Fsp3) is 0.462. The Kier molecular flexibility index (Phi) is 4.35. The van der Waals surface area contributed by atoms with E-state index in [0.717, 1.165) is 10.9 Å². The normalized spacial score (nSPS) is 22.7. The second-order valence-corrected chi connectivity index (χ2v) is 5.11. The predicted molar refractivity (Wildman–Crippen MR) is 68.2 cm³/mol. The van der Waals surface area contributed by atoms with Crippen molar-refractivity contribution >= 4 is 21.7 Å². The van der Waals surface area contributed by atoms with E-state index in [1.807, 2.05) is 6.92 Å². The van der Waals surface area contributed by atoms with E-state index in [1.54, 1.807) is 12.1 Å². The highest BCUT2D eigenvalue weighted by molar-refractivity contribution is 9.10. The number of carbonyl (C=O) groups excluding carboxylic acids is 1. The minimum Gasteiger partial charge on any atom is -0.484 e. The summed E-state index contributed by atoms with van der Waals surface area (Å²) in [6, 6.07) is 4.47. The molecule has 0 spiro atoms. The molecule has 0 heterocycles. The predicted octanol–water partition coefficient (Wildman–Crippen LogP) is 3.10. The molecule has 1 fully saturated rings. The van der Waals surface area contributed by atoms with Crippen LogP contribution in [0.1, 0.15) is 19.8 Å². The van der Waals surface area contributed by atoms with E-state index >= 15 is 0 Å². The Morgan fingerprint density at radius 2 is 2.28 bits per heavy atom. The first-order valence-corrected chi connectivity index (χ1v) is 6.67. The molecule has 1 aliphatic rings. The van der Waals surface area contributed by atoms with Crippen LogP contribution in [-0.4, -0.2) is 24.6 Å². The van der Waals surface area contributed by atoms with Crippen LogP contribution in [0.3, 0.4) is 0 Å². The van der Waals surface area contributed by atoms with Gasteiger partial charge in [0, 0.05) is 17.5 Å². The lowest BCUT2D eigenvalue weighted by molar-refractivity contribution is -0.155. The van der Waals surface area contributed by atoms with Gasteiger partial charge < -0.3 is 9.47 Å². The van der Waals surface area contributed by atoms with Gasteiger partial charge in [0.05, 0.1) is 0 Å². The van der Waals surface area contributed by atoms with Crippen molar-refractivity contribution in [3.63, 3.8) is 0 Å². The van der Waals surface area contributed by atoms with Crippen LogP contribution in [0.4, 0.5) is 4.39 Å². The molecule has 18 heavy (non-hydrogen) atoms. The SMILES string of the molecule is CCCOC1C(=O)CC1Oc1cc(Br)ccc1F. The quantitative estimate of drug-likeness (QED) is 0.837. The standard InChI is InChI=1S/C13H14BrFO3/c1-2-5-17-13-10(16)7-12(13)18-11-6-8(14)3-4-9(11)15/h3-4,6,12-13H,2,5,7H2,1H3. The number of hydrogen-bond donors (Lipinski definition) is 0. The van der Waals surface area contributed by atoms with Gasteiger partial charge >= 0.3 is 0 Å². The maximum atomic E-state index is 13.5. The third kappa shape index (κ3) is 2.90. The minimum absolute atomic E-state index is 0.0175. The molecule has 1 aliphatic carbocycles. The third-order valence-corrected chi connectivity index (χ3v) is 3.22. The number of benzene rings is 1. The molecule has 1 aromatic carbocycles. The molecule has 0 amide bonds. The van der Waals surface area contributed by atoms with Crippen molar-refractivity contribution in [2.75, 3.05) is 6.61 Å². The molecule has 2 rings (SSSR count). The maximum Gasteiger partial charge on any atom is 0.169 e. The van der Waals surface area contributed by atoms with Gasteiger partial charge in [-0.2, -0.15) is 0 Å². The van der Waals surface area contributed by atoms with E-state index in [1.165, 1.54) is 6.07 Å². The molecule has 0 saturated heterocycles. The topological polar surface area (TPSA) is 35.5 Å². The molecule has 1 aromatic rings. The number of halogens is 2. The average Bonchev–Trinajstić information content (AvgIpc) is 2.33. The Labute approximate surface area is 113 Å². The Morgan fingerprint density at radius 1 is 1.50 bits per heavy atom. The van der Waals surface area contributed by atoms with Crippen molar-refractivity contribution in [3.05, 3.63) is 28.5 Å². The molecule has 0 bridgehead atoms. The zero-order valence-corrected chi connectivity index (χ0v) is 11.6. The van der Waals surface area contributed by atoms with Crippen LogP contribution in [-0.2, 0) is 9.53 Å². The van der Waals surface area contributed by atoms with E-state index in [9.17, 15) is 9.18 Å². The van der Waals surface area contributed by atoms with Crippen LogP contribution in [0.5, 0.6) is 5.75 Å². The summed E-state index contributed by atoms with van der Waals surface area (Å²) in [5.74, 6) is -0.275. The lowest BCUT2D eigenvalue weighted by Gasteiger charge is -2.34. The van der Waals surface area contributed by atoms with Crippen LogP contribution in [0.25, 0.3) is 0 Å². The van der Waals surface area contributed by atoms with Crippen molar-refractivity contribution in [2.24, 2.45) is 0 Å². The monoisotopic (exact) mass is 316 g/mol. The molecule has 2 atom stereocenters. The molecule has 0 aromatic heterocycles. The Morgan fingerprint density at radius 3 is 2.94 bits per heavy atom. The molecular formula is C13H14BrFO3. The molecule has 0 N–H and O–H groups in total. The first-order valence-electron chi connectivity index (χ1n) is 5.88. The summed E-state index contributed by atoms with van der Waals surface area (Å²) in [5.41, 5.74) is 0. The number of ether oxygens (including phenoxy) is 2. The first kappa shape index (κ1) is 13.5. The second-order valence-electron chi connectivity index (χ2n) is 4.19. The molecule has 1 saturated carbocycles. The van der Waals surface area contributed by atoms with E-state index in [-0.39, 0.29) is 24.1 Å². The smallest absolute Gasteiger partial charge is 0.169 e. The van der Waals surface area contributed by atoms with Gasteiger partial charge in [0.15, 0.2) is 23.5 Å². The highest BCUT2D eigenvalue weighted by Gasteiger charge is 2.42. The van der Waals surface area contributed by atoms with E-state index in [4.69, 9.17) is 9.47 Å². The van der Waals surface area contributed by atoms with Gasteiger partial charge in [0.2, 0.25) is 0 Å². The van der Waals surface area contributed by atoms with Gasteiger partial charge in [-0.1, -0.05) is 22.9 Å². The number of Topliss-reactive ketones (excluding diaryl/α,β-unsaturated/α-hetero) is 1. The van der Waals surface area contributed by atoms with E-state index < -0.39 is 11.9 Å². The number of rotatable bonds is 5. The highest BCUT2D eigenvalue weighted by Crippen LogP contribution is 2.29. The highest BCUT2D eigenvalue weighted by atomic mass is 79.9. The second kappa shape index (κ2) is 5.80. The van der Waals surface area contributed by atoms with Gasteiger partial charge in [0.1, 0.15) is 6.10 Å². The minimum atomic E-state index is -0.552. The molecule has 2 unspecified atom stereocenters. The summed E-state index contributed by atoms with van der Waals surface area (Å²) in [4.78, 5) is 11.4. The Balaban J connectivity index is 2.01. The fourth-order valence-electron chi connectivity index (χ4n) is 1.75. The van der Waals surface area contributed by atoms with Crippen molar-refractivity contribution < 1.29 is 18.7 Å². The summed E-state index contributed by atoms with van der Waals surface area (Å²) >= 11 is 3.25. The van der Waals surface area contributed by atoms with Crippen LogP contribution in [0.2, 0.25) is 0 Å². The van der Waals surface area contributed by atoms with Gasteiger partial charge in [0.25, 0.3) is 0 Å². The summed E-state index contributed by atoms with van der Waals surface area (Å²) in [5, 5.41) is 0. The van der Waals surface area contributed by atoms with Crippen LogP contribution in [0, 0.1) is 5.82 Å². The van der Waals surface area contributed by atoms with E-state index in [2.05, 4.69) is 15.9 Å². The van der Waals surface area contributed by atoms with Crippen molar-refractivity contribution in [2.45, 2.75) is 32.0 Å². The molecule has 3 nitrogen and oxygen atoms in total. The van der Waals surface area contributed by atoms with Crippen molar-refractivity contribution in [3.8, 4) is 5.75 Å². The van der Waals surface area contributed by atoms with Crippen molar-refractivity contribution in [1.29, 1.82) is 0 Å². The average molecular weight is 317 g/mol. The molecule has 5 heteroatoms. The summed E-state index contributed by atoms with van der Waals surface area (Å²) in [7, 11) is 0. The molecule has 0 radical (unpaired) electrons. The Bertz CT molecular complexity index is 450. The van der Waals surface area contributed by atoms with Crippen LogP contribution in [0.15, 0.2) is 22.7 Å².